The first-order valence-electron chi connectivity index (χ1n) is 5.42. The van der Waals surface area contributed by atoms with E-state index in [-0.39, 0.29) is 24.1 Å². The van der Waals surface area contributed by atoms with Gasteiger partial charge in [0, 0.05) is 18.2 Å². The fourth-order valence-corrected chi connectivity index (χ4v) is 2.32. The molecule has 0 spiro atoms. The summed E-state index contributed by atoms with van der Waals surface area (Å²) in [5, 5.41) is 0.0499. The molecule has 0 saturated heterocycles. The SMILES string of the molecule is CC(C)C(Cl)CC1CCCC(F)(F)C1. The molecule has 1 aliphatic carbocycles. The van der Waals surface area contributed by atoms with Crippen LogP contribution < -0.4 is 0 Å². The molecule has 1 rings (SSSR count). The predicted molar refractivity (Wildman–Crippen MR) is 56.0 cm³/mol. The van der Waals surface area contributed by atoms with Gasteiger partial charge in [0.25, 0.3) is 0 Å². The number of hydrogen-bond acceptors (Lipinski definition) is 0. The maximum atomic E-state index is 13.1. The van der Waals surface area contributed by atoms with Gasteiger partial charge in [-0.1, -0.05) is 13.8 Å². The lowest BCUT2D eigenvalue weighted by Gasteiger charge is -2.30. The van der Waals surface area contributed by atoms with Gasteiger partial charge in [0.1, 0.15) is 0 Å². The molecule has 2 unspecified atom stereocenters. The van der Waals surface area contributed by atoms with Crippen molar-refractivity contribution in [3.8, 4) is 0 Å². The summed E-state index contributed by atoms with van der Waals surface area (Å²) < 4.78 is 26.1. The fourth-order valence-electron chi connectivity index (χ4n) is 2.07. The quantitative estimate of drug-likeness (QED) is 0.621. The van der Waals surface area contributed by atoms with Crippen molar-refractivity contribution in [3.63, 3.8) is 0 Å². The molecule has 0 aromatic rings. The van der Waals surface area contributed by atoms with Gasteiger partial charge in [-0.05, 0) is 31.1 Å². The minimum absolute atomic E-state index is 0.0446. The maximum Gasteiger partial charge on any atom is 0.248 e. The van der Waals surface area contributed by atoms with E-state index >= 15 is 0 Å². The molecule has 2 atom stereocenters. The van der Waals surface area contributed by atoms with Crippen LogP contribution in [0.5, 0.6) is 0 Å². The lowest BCUT2D eigenvalue weighted by molar-refractivity contribution is -0.0539. The Morgan fingerprint density at radius 1 is 1.43 bits per heavy atom. The summed E-state index contributed by atoms with van der Waals surface area (Å²) in [6, 6.07) is 0. The Labute approximate surface area is 90.0 Å². The standard InChI is InChI=1S/C11H19ClF2/c1-8(2)10(12)6-9-4-3-5-11(13,14)7-9/h8-10H,3-7H2,1-2H3. The molecule has 1 aliphatic rings. The van der Waals surface area contributed by atoms with Crippen molar-refractivity contribution in [2.45, 2.75) is 57.3 Å². The van der Waals surface area contributed by atoms with Gasteiger partial charge in [0.15, 0.2) is 0 Å². The molecule has 1 saturated carbocycles. The Morgan fingerprint density at radius 2 is 2.07 bits per heavy atom. The molecule has 0 bridgehead atoms. The van der Waals surface area contributed by atoms with Crippen LogP contribution in [0.2, 0.25) is 0 Å². The molecule has 0 aromatic heterocycles. The topological polar surface area (TPSA) is 0 Å². The molecule has 0 nitrogen and oxygen atoms in total. The van der Waals surface area contributed by atoms with Crippen LogP contribution >= 0.6 is 11.6 Å². The highest BCUT2D eigenvalue weighted by Gasteiger charge is 2.36. The van der Waals surface area contributed by atoms with Crippen molar-refractivity contribution in [2.75, 3.05) is 0 Å². The van der Waals surface area contributed by atoms with Gasteiger partial charge in [-0.25, -0.2) is 8.78 Å². The van der Waals surface area contributed by atoms with E-state index in [1.54, 1.807) is 0 Å². The van der Waals surface area contributed by atoms with Gasteiger partial charge in [0.2, 0.25) is 5.92 Å². The first kappa shape index (κ1) is 12.2. The Balaban J connectivity index is 2.38. The Hall–Kier alpha value is 0.150. The van der Waals surface area contributed by atoms with E-state index in [4.69, 9.17) is 11.6 Å². The molecule has 0 heterocycles. The van der Waals surface area contributed by atoms with Crippen molar-refractivity contribution < 1.29 is 8.78 Å². The van der Waals surface area contributed by atoms with Crippen LogP contribution in [0.3, 0.4) is 0 Å². The van der Waals surface area contributed by atoms with Gasteiger partial charge in [-0.3, -0.25) is 0 Å². The molecule has 84 valence electrons. The van der Waals surface area contributed by atoms with E-state index in [0.717, 1.165) is 12.8 Å². The van der Waals surface area contributed by atoms with E-state index in [0.29, 0.717) is 12.3 Å². The number of halogens is 3. The summed E-state index contributed by atoms with van der Waals surface area (Å²) in [6.45, 7) is 4.08. The summed E-state index contributed by atoms with van der Waals surface area (Å²) in [5.41, 5.74) is 0. The Kier molecular flexibility index (Phi) is 4.17. The monoisotopic (exact) mass is 224 g/mol. The third kappa shape index (κ3) is 3.72. The van der Waals surface area contributed by atoms with E-state index in [1.807, 2.05) is 13.8 Å². The largest absolute Gasteiger partial charge is 0.248 e. The van der Waals surface area contributed by atoms with Gasteiger partial charge in [-0.2, -0.15) is 0 Å². The van der Waals surface area contributed by atoms with Crippen LogP contribution in [0.15, 0.2) is 0 Å². The molecule has 0 aliphatic heterocycles. The molecule has 0 N–H and O–H groups in total. The smallest absolute Gasteiger partial charge is 0.207 e. The van der Waals surface area contributed by atoms with E-state index in [9.17, 15) is 8.78 Å². The first-order chi connectivity index (χ1) is 6.41. The minimum Gasteiger partial charge on any atom is -0.207 e. The zero-order valence-electron chi connectivity index (χ0n) is 8.90. The zero-order chi connectivity index (χ0) is 10.8. The van der Waals surface area contributed by atoms with Crippen LogP contribution in [0.1, 0.15) is 46.0 Å². The Bertz CT molecular complexity index is 180. The van der Waals surface area contributed by atoms with Crippen molar-refractivity contribution >= 4 is 11.6 Å². The van der Waals surface area contributed by atoms with Crippen LogP contribution in [-0.4, -0.2) is 11.3 Å². The fraction of sp³-hybridized carbons (Fsp3) is 1.00. The first-order valence-corrected chi connectivity index (χ1v) is 5.86. The lowest BCUT2D eigenvalue weighted by Crippen LogP contribution is -2.28. The second kappa shape index (κ2) is 4.78. The summed E-state index contributed by atoms with van der Waals surface area (Å²) in [4.78, 5) is 0. The third-order valence-electron chi connectivity index (χ3n) is 3.02. The number of rotatable bonds is 3. The van der Waals surface area contributed by atoms with Gasteiger partial charge < -0.3 is 0 Å². The zero-order valence-corrected chi connectivity index (χ0v) is 9.66. The molecule has 1 fully saturated rings. The van der Waals surface area contributed by atoms with E-state index in [1.165, 1.54) is 0 Å². The second-order valence-electron chi connectivity index (χ2n) is 4.81. The average Bonchev–Trinajstić information content (AvgIpc) is 2.01. The van der Waals surface area contributed by atoms with Gasteiger partial charge in [-0.15, -0.1) is 11.6 Å². The highest BCUT2D eigenvalue weighted by Crippen LogP contribution is 2.39. The Morgan fingerprint density at radius 3 is 2.57 bits per heavy atom. The van der Waals surface area contributed by atoms with E-state index < -0.39 is 5.92 Å². The molecular weight excluding hydrogens is 206 g/mol. The summed E-state index contributed by atoms with van der Waals surface area (Å²) in [7, 11) is 0. The van der Waals surface area contributed by atoms with Crippen LogP contribution in [0, 0.1) is 11.8 Å². The van der Waals surface area contributed by atoms with Crippen LogP contribution in [-0.2, 0) is 0 Å². The number of hydrogen-bond donors (Lipinski definition) is 0. The highest BCUT2D eigenvalue weighted by molar-refractivity contribution is 6.20. The summed E-state index contributed by atoms with van der Waals surface area (Å²) in [6.07, 6.45) is 2.43. The van der Waals surface area contributed by atoms with Gasteiger partial charge >= 0.3 is 0 Å². The maximum absolute atomic E-state index is 13.1. The summed E-state index contributed by atoms with van der Waals surface area (Å²) >= 11 is 6.10. The second-order valence-corrected chi connectivity index (χ2v) is 5.37. The van der Waals surface area contributed by atoms with Crippen LogP contribution in [0.4, 0.5) is 8.78 Å². The highest BCUT2D eigenvalue weighted by atomic mass is 35.5. The van der Waals surface area contributed by atoms with Crippen LogP contribution in [0.25, 0.3) is 0 Å². The van der Waals surface area contributed by atoms with Crippen molar-refractivity contribution in [3.05, 3.63) is 0 Å². The molecule has 0 amide bonds. The normalized spacial score (nSPS) is 29.1. The molecule has 0 radical (unpaired) electrons. The predicted octanol–water partition coefficient (Wildman–Crippen LogP) is 4.47. The molecule has 3 heteroatoms. The molecule has 14 heavy (non-hydrogen) atoms. The summed E-state index contributed by atoms with van der Waals surface area (Å²) in [5.74, 6) is -1.92. The van der Waals surface area contributed by atoms with Crippen molar-refractivity contribution in [1.82, 2.24) is 0 Å². The lowest BCUT2D eigenvalue weighted by atomic mass is 9.82. The van der Waals surface area contributed by atoms with E-state index in [2.05, 4.69) is 0 Å². The third-order valence-corrected chi connectivity index (χ3v) is 3.71. The minimum atomic E-state index is -2.43. The number of alkyl halides is 3. The van der Waals surface area contributed by atoms with Crippen molar-refractivity contribution in [1.29, 1.82) is 0 Å². The van der Waals surface area contributed by atoms with Gasteiger partial charge in [0.05, 0.1) is 0 Å². The molecular formula is C11H19ClF2. The van der Waals surface area contributed by atoms with Crippen molar-refractivity contribution in [2.24, 2.45) is 11.8 Å². The average molecular weight is 225 g/mol. The molecule has 0 aromatic carbocycles.